The molecule has 1 amide bonds. The van der Waals surface area contributed by atoms with Crippen LogP contribution in [0.15, 0.2) is 0 Å². The number of nitrogens with one attached hydrogen (secondary N) is 1. The van der Waals surface area contributed by atoms with E-state index >= 15 is 0 Å². The van der Waals surface area contributed by atoms with Crippen molar-refractivity contribution in [2.45, 2.75) is 19.8 Å². The smallest absolute Gasteiger partial charge is 0.221 e. The average molecular weight is 210 g/mol. The summed E-state index contributed by atoms with van der Waals surface area (Å²) < 4.78 is 0. The third-order valence-corrected chi connectivity index (χ3v) is 2.62. The quantitative estimate of drug-likeness (QED) is 0.513. The summed E-state index contributed by atoms with van der Waals surface area (Å²) in [7, 11) is 0. The molecule has 0 aromatic carbocycles. The molecule has 0 aliphatic heterocycles. The number of rotatable bonds is 7. The molecule has 0 atom stereocenters. The summed E-state index contributed by atoms with van der Waals surface area (Å²) in [5, 5.41) is 2.80. The lowest BCUT2D eigenvalue weighted by Crippen LogP contribution is -2.25. The molecule has 4 heteroatoms. The van der Waals surface area contributed by atoms with Gasteiger partial charge in [0, 0.05) is 24.6 Å². The van der Waals surface area contributed by atoms with Gasteiger partial charge in [-0.15, -0.1) is 11.6 Å². The molecule has 0 radical (unpaired) electrons. The van der Waals surface area contributed by atoms with Crippen LogP contribution in [0.3, 0.4) is 0 Å². The molecule has 0 aromatic heterocycles. The Morgan fingerprint density at radius 2 is 2.25 bits per heavy atom. The second-order valence-corrected chi connectivity index (χ2v) is 4.00. The van der Waals surface area contributed by atoms with E-state index in [4.69, 9.17) is 11.6 Å². The maximum atomic E-state index is 10.9. The molecule has 0 aliphatic carbocycles. The van der Waals surface area contributed by atoms with E-state index < -0.39 is 0 Å². The second-order valence-electron chi connectivity index (χ2n) is 2.40. The molecular weight excluding hydrogens is 194 g/mol. The fourth-order valence-electron chi connectivity index (χ4n) is 0.683. The molecule has 72 valence electrons. The van der Waals surface area contributed by atoms with Crippen LogP contribution in [-0.4, -0.2) is 29.8 Å². The van der Waals surface area contributed by atoms with Crippen molar-refractivity contribution >= 4 is 29.3 Å². The zero-order valence-corrected chi connectivity index (χ0v) is 9.01. The maximum Gasteiger partial charge on any atom is 0.221 e. The first-order chi connectivity index (χ1) is 5.81. The molecule has 0 fully saturated rings. The molecule has 0 saturated heterocycles. The number of hydrogen-bond acceptors (Lipinski definition) is 2. The molecular formula is C8H16ClNOS. The van der Waals surface area contributed by atoms with Crippen LogP contribution in [0.25, 0.3) is 0 Å². The van der Waals surface area contributed by atoms with Crippen LogP contribution in [0.2, 0.25) is 0 Å². The Bertz CT molecular complexity index is 122. The Hall–Kier alpha value is 0.110. The van der Waals surface area contributed by atoms with Crippen LogP contribution in [-0.2, 0) is 4.79 Å². The number of carbonyl (C=O) groups excluding carboxylic acids is 1. The van der Waals surface area contributed by atoms with Crippen LogP contribution in [0.4, 0.5) is 0 Å². The van der Waals surface area contributed by atoms with Gasteiger partial charge in [0.25, 0.3) is 0 Å². The van der Waals surface area contributed by atoms with E-state index in [0.29, 0.717) is 12.3 Å². The van der Waals surface area contributed by atoms with Gasteiger partial charge in [0.15, 0.2) is 0 Å². The fraction of sp³-hybridized carbons (Fsp3) is 0.875. The lowest BCUT2D eigenvalue weighted by atomic mass is 10.4. The highest BCUT2D eigenvalue weighted by molar-refractivity contribution is 7.99. The van der Waals surface area contributed by atoms with Crippen LogP contribution in [0, 0.1) is 0 Å². The largest absolute Gasteiger partial charge is 0.355 e. The summed E-state index contributed by atoms with van der Waals surface area (Å²) in [6.45, 7) is 2.92. The summed E-state index contributed by atoms with van der Waals surface area (Å²) in [6.07, 6.45) is 1.63. The Kier molecular flexibility index (Phi) is 9.28. The van der Waals surface area contributed by atoms with E-state index in [2.05, 4.69) is 12.2 Å². The van der Waals surface area contributed by atoms with Gasteiger partial charge in [0.1, 0.15) is 0 Å². The van der Waals surface area contributed by atoms with Crippen LogP contribution < -0.4 is 5.32 Å². The van der Waals surface area contributed by atoms with E-state index in [1.54, 1.807) is 0 Å². The highest BCUT2D eigenvalue weighted by atomic mass is 35.5. The van der Waals surface area contributed by atoms with Crippen molar-refractivity contribution in [2.75, 3.05) is 23.9 Å². The van der Waals surface area contributed by atoms with E-state index in [9.17, 15) is 4.79 Å². The van der Waals surface area contributed by atoms with Crippen LogP contribution in [0.5, 0.6) is 0 Å². The number of amides is 1. The lowest BCUT2D eigenvalue weighted by Gasteiger charge is -2.02. The van der Waals surface area contributed by atoms with Gasteiger partial charge >= 0.3 is 0 Å². The number of hydrogen-bond donors (Lipinski definition) is 1. The predicted molar refractivity (Wildman–Crippen MR) is 56.0 cm³/mol. The summed E-state index contributed by atoms with van der Waals surface area (Å²) >= 11 is 7.26. The Labute approximate surface area is 83.4 Å². The molecule has 1 N–H and O–H groups in total. The first-order valence-corrected chi connectivity index (χ1v) is 5.90. The van der Waals surface area contributed by atoms with Crippen molar-refractivity contribution in [3.05, 3.63) is 0 Å². The third-order valence-electron chi connectivity index (χ3n) is 1.24. The maximum absolute atomic E-state index is 10.9. The zero-order chi connectivity index (χ0) is 9.23. The van der Waals surface area contributed by atoms with Crippen molar-refractivity contribution in [3.8, 4) is 0 Å². The molecule has 12 heavy (non-hydrogen) atoms. The fourth-order valence-corrected chi connectivity index (χ4v) is 1.59. The van der Waals surface area contributed by atoms with E-state index in [1.807, 2.05) is 11.8 Å². The highest BCUT2D eigenvalue weighted by Crippen LogP contribution is 1.99. The number of carbonyl (C=O) groups is 1. The van der Waals surface area contributed by atoms with Gasteiger partial charge in [0.2, 0.25) is 5.91 Å². The minimum Gasteiger partial charge on any atom is -0.355 e. The van der Waals surface area contributed by atoms with E-state index in [0.717, 1.165) is 12.3 Å². The normalized spacial score (nSPS) is 9.83. The molecule has 0 bridgehead atoms. The van der Waals surface area contributed by atoms with Gasteiger partial charge in [-0.05, 0) is 12.2 Å². The number of thioether (sulfide) groups is 1. The first-order valence-electron chi connectivity index (χ1n) is 4.21. The van der Waals surface area contributed by atoms with Crippen LogP contribution in [0.1, 0.15) is 19.8 Å². The summed E-state index contributed by atoms with van der Waals surface area (Å²) in [6, 6.07) is 0. The Morgan fingerprint density at radius 3 is 2.83 bits per heavy atom. The molecule has 0 aliphatic rings. The van der Waals surface area contributed by atoms with Crippen molar-refractivity contribution in [2.24, 2.45) is 0 Å². The summed E-state index contributed by atoms with van der Waals surface area (Å²) in [5.41, 5.74) is 0. The van der Waals surface area contributed by atoms with Gasteiger partial charge in [-0.1, -0.05) is 6.92 Å². The van der Waals surface area contributed by atoms with Crippen molar-refractivity contribution in [1.82, 2.24) is 5.32 Å². The van der Waals surface area contributed by atoms with Gasteiger partial charge in [-0.25, -0.2) is 0 Å². The second kappa shape index (κ2) is 9.20. The zero-order valence-electron chi connectivity index (χ0n) is 7.44. The molecule has 0 aromatic rings. The molecule has 0 rings (SSSR count). The highest BCUT2D eigenvalue weighted by Gasteiger charge is 1.97. The minimum atomic E-state index is 0.0575. The van der Waals surface area contributed by atoms with E-state index in [-0.39, 0.29) is 5.91 Å². The topological polar surface area (TPSA) is 29.1 Å². The Morgan fingerprint density at radius 1 is 1.50 bits per heavy atom. The van der Waals surface area contributed by atoms with Crippen molar-refractivity contribution in [1.29, 1.82) is 0 Å². The minimum absolute atomic E-state index is 0.0575. The van der Waals surface area contributed by atoms with Gasteiger partial charge in [0.05, 0.1) is 0 Å². The average Bonchev–Trinajstić information content (AvgIpc) is 2.05. The standard InChI is InChI=1S/C8H16ClNOS/c1-2-6-12-7-5-10-8(11)3-4-9/h2-7H2,1H3,(H,10,11). The SMILES string of the molecule is CCCSCCNC(=O)CCCl. The Balaban J connectivity index is 3.03. The monoisotopic (exact) mass is 209 g/mol. The van der Waals surface area contributed by atoms with Crippen LogP contribution >= 0.6 is 23.4 Å². The number of alkyl halides is 1. The molecule has 2 nitrogen and oxygen atoms in total. The van der Waals surface area contributed by atoms with Gasteiger partial charge in [-0.2, -0.15) is 11.8 Å². The third kappa shape index (κ3) is 8.21. The number of halogens is 1. The lowest BCUT2D eigenvalue weighted by molar-refractivity contribution is -0.120. The molecule has 0 heterocycles. The van der Waals surface area contributed by atoms with Crippen molar-refractivity contribution < 1.29 is 4.79 Å². The summed E-state index contributed by atoms with van der Waals surface area (Å²) in [4.78, 5) is 10.9. The van der Waals surface area contributed by atoms with Gasteiger partial charge < -0.3 is 5.32 Å². The van der Waals surface area contributed by atoms with Gasteiger partial charge in [-0.3, -0.25) is 4.79 Å². The van der Waals surface area contributed by atoms with Crippen molar-refractivity contribution in [3.63, 3.8) is 0 Å². The predicted octanol–water partition coefficient (Wildman–Crippen LogP) is 1.87. The first kappa shape index (κ1) is 12.1. The molecule has 0 saturated carbocycles. The molecule has 0 unspecified atom stereocenters. The summed E-state index contributed by atoms with van der Waals surface area (Å²) in [5.74, 6) is 2.64. The van der Waals surface area contributed by atoms with E-state index in [1.165, 1.54) is 12.2 Å². The molecule has 0 spiro atoms.